The fraction of sp³-hybridized carbons (Fsp3) is 0.133. The average Bonchev–Trinajstić information content (AvgIpc) is 2.94. The van der Waals surface area contributed by atoms with Crippen LogP contribution in [0.4, 0.5) is 13.2 Å². The number of hydrogen-bond donors (Lipinski definition) is 0. The molecular formula is C15H8ClF3N2O2S. The van der Waals surface area contributed by atoms with Gasteiger partial charge in [-0.3, -0.25) is 4.79 Å². The molecule has 0 aliphatic rings. The number of nitrogens with zero attached hydrogens (tertiary/aromatic N) is 2. The number of fused-ring (bicyclic) bond motifs is 1. The van der Waals surface area contributed by atoms with E-state index in [1.54, 1.807) is 5.38 Å². The molecule has 1 aromatic carbocycles. The van der Waals surface area contributed by atoms with Crippen LogP contribution in [0.15, 0.2) is 34.6 Å². The van der Waals surface area contributed by atoms with Crippen LogP contribution in [0.2, 0.25) is 5.02 Å². The smallest absolute Gasteiger partial charge is 0.301 e. The quantitative estimate of drug-likeness (QED) is 0.653. The lowest BCUT2D eigenvalue weighted by atomic mass is 10.0. The van der Waals surface area contributed by atoms with Crippen molar-refractivity contribution < 1.29 is 18.0 Å². The summed E-state index contributed by atoms with van der Waals surface area (Å²) >= 11 is 6.82. The van der Waals surface area contributed by atoms with Crippen molar-refractivity contribution in [3.8, 4) is 11.1 Å². The van der Waals surface area contributed by atoms with E-state index in [0.29, 0.717) is 16.5 Å². The summed E-state index contributed by atoms with van der Waals surface area (Å²) in [6.07, 6.45) is -2.66. The number of rotatable bonds is 3. The van der Waals surface area contributed by atoms with Gasteiger partial charge < -0.3 is 4.79 Å². The predicted molar refractivity (Wildman–Crippen MR) is 85.4 cm³/mol. The third-order valence-corrected chi connectivity index (χ3v) is 4.66. The van der Waals surface area contributed by atoms with Gasteiger partial charge in [-0.25, -0.2) is 4.68 Å². The molecule has 0 spiro atoms. The first-order valence-electron chi connectivity index (χ1n) is 6.61. The molecule has 0 unspecified atom stereocenters. The highest BCUT2D eigenvalue weighted by Gasteiger charge is 2.33. The third-order valence-electron chi connectivity index (χ3n) is 3.41. The van der Waals surface area contributed by atoms with Gasteiger partial charge in [0, 0.05) is 10.9 Å². The van der Waals surface area contributed by atoms with Crippen LogP contribution >= 0.6 is 22.9 Å². The lowest BCUT2D eigenvalue weighted by Gasteiger charge is -2.10. The molecule has 0 radical (unpaired) electrons. The van der Waals surface area contributed by atoms with Crippen molar-refractivity contribution in [2.24, 2.45) is 0 Å². The Morgan fingerprint density at radius 1 is 1.33 bits per heavy atom. The zero-order valence-corrected chi connectivity index (χ0v) is 13.4. The van der Waals surface area contributed by atoms with Gasteiger partial charge in [0.1, 0.15) is 12.8 Å². The highest BCUT2D eigenvalue weighted by atomic mass is 35.5. The SMILES string of the molecule is O=CCn1ncc2scc(-c3ccc(Cl)c(C(F)(F)F)c3)c2c1=O. The molecule has 0 fully saturated rings. The number of halogens is 4. The average molecular weight is 373 g/mol. The Labute approximate surface area is 142 Å². The summed E-state index contributed by atoms with van der Waals surface area (Å²) in [6, 6.07) is 3.48. The number of alkyl halides is 3. The second kappa shape index (κ2) is 6.03. The zero-order valence-electron chi connectivity index (χ0n) is 11.8. The van der Waals surface area contributed by atoms with E-state index in [0.717, 1.165) is 16.8 Å². The van der Waals surface area contributed by atoms with Crippen molar-refractivity contribution in [1.29, 1.82) is 0 Å². The number of carbonyl (C=O) groups is 1. The summed E-state index contributed by atoms with van der Waals surface area (Å²) in [5.41, 5.74) is -0.925. The van der Waals surface area contributed by atoms with E-state index in [1.165, 1.54) is 23.6 Å². The van der Waals surface area contributed by atoms with Gasteiger partial charge in [-0.2, -0.15) is 18.3 Å². The van der Waals surface area contributed by atoms with Crippen LogP contribution in [-0.2, 0) is 17.5 Å². The molecular weight excluding hydrogens is 365 g/mol. The summed E-state index contributed by atoms with van der Waals surface area (Å²) in [7, 11) is 0. The highest BCUT2D eigenvalue weighted by molar-refractivity contribution is 7.17. The lowest BCUT2D eigenvalue weighted by Crippen LogP contribution is -2.23. The molecule has 24 heavy (non-hydrogen) atoms. The van der Waals surface area contributed by atoms with E-state index in [4.69, 9.17) is 11.6 Å². The minimum Gasteiger partial charge on any atom is -0.301 e. The third kappa shape index (κ3) is 2.83. The van der Waals surface area contributed by atoms with Gasteiger partial charge in [-0.15, -0.1) is 11.3 Å². The van der Waals surface area contributed by atoms with Crippen LogP contribution in [0.5, 0.6) is 0 Å². The largest absolute Gasteiger partial charge is 0.417 e. The van der Waals surface area contributed by atoms with Crippen LogP contribution in [0, 0.1) is 0 Å². The molecule has 0 aliphatic carbocycles. The molecule has 124 valence electrons. The molecule has 0 atom stereocenters. The van der Waals surface area contributed by atoms with Gasteiger partial charge in [0.2, 0.25) is 0 Å². The Morgan fingerprint density at radius 3 is 2.75 bits per heavy atom. The van der Waals surface area contributed by atoms with E-state index in [9.17, 15) is 22.8 Å². The van der Waals surface area contributed by atoms with Crippen LogP contribution < -0.4 is 5.56 Å². The minimum absolute atomic E-state index is 0.221. The summed E-state index contributed by atoms with van der Waals surface area (Å²) in [6.45, 7) is -0.224. The predicted octanol–water partition coefficient (Wildman–Crippen LogP) is 4.00. The first-order valence-corrected chi connectivity index (χ1v) is 7.86. The molecule has 2 heterocycles. The number of thiophene rings is 1. The van der Waals surface area contributed by atoms with Crippen molar-refractivity contribution >= 4 is 39.3 Å². The Balaban J connectivity index is 2.26. The van der Waals surface area contributed by atoms with Crippen LogP contribution in [-0.4, -0.2) is 16.1 Å². The molecule has 2 aromatic heterocycles. The summed E-state index contributed by atoms with van der Waals surface area (Å²) in [5.74, 6) is 0. The van der Waals surface area contributed by atoms with Crippen molar-refractivity contribution in [2.75, 3.05) is 0 Å². The lowest BCUT2D eigenvalue weighted by molar-refractivity contribution is -0.137. The molecule has 9 heteroatoms. The summed E-state index contributed by atoms with van der Waals surface area (Å²) in [5, 5.41) is 5.26. The highest BCUT2D eigenvalue weighted by Crippen LogP contribution is 2.39. The van der Waals surface area contributed by atoms with Crippen molar-refractivity contribution in [1.82, 2.24) is 9.78 Å². The van der Waals surface area contributed by atoms with E-state index in [2.05, 4.69) is 5.10 Å². The van der Waals surface area contributed by atoms with E-state index < -0.39 is 22.3 Å². The molecule has 0 saturated carbocycles. The molecule has 3 rings (SSSR count). The van der Waals surface area contributed by atoms with Gasteiger partial charge >= 0.3 is 6.18 Å². The van der Waals surface area contributed by atoms with Gasteiger partial charge in [0.15, 0.2) is 0 Å². The topological polar surface area (TPSA) is 52.0 Å². The maximum atomic E-state index is 13.0. The maximum Gasteiger partial charge on any atom is 0.417 e. The fourth-order valence-corrected chi connectivity index (χ4v) is 3.46. The van der Waals surface area contributed by atoms with Crippen LogP contribution in [0.1, 0.15) is 5.56 Å². The second-order valence-electron chi connectivity index (χ2n) is 4.88. The number of benzene rings is 1. The van der Waals surface area contributed by atoms with E-state index in [1.807, 2.05) is 0 Å². The normalized spacial score (nSPS) is 11.8. The molecule has 0 saturated heterocycles. The Bertz CT molecular complexity index is 995. The molecule has 0 bridgehead atoms. The second-order valence-corrected chi connectivity index (χ2v) is 6.20. The van der Waals surface area contributed by atoms with Gasteiger partial charge in [0.05, 0.1) is 26.9 Å². The Morgan fingerprint density at radius 2 is 2.08 bits per heavy atom. The Hall–Kier alpha value is -2.19. The molecule has 3 aromatic rings. The van der Waals surface area contributed by atoms with Crippen LogP contribution in [0.25, 0.3) is 21.2 Å². The van der Waals surface area contributed by atoms with Crippen molar-refractivity contribution in [3.63, 3.8) is 0 Å². The monoisotopic (exact) mass is 372 g/mol. The number of hydrogen-bond acceptors (Lipinski definition) is 4. The van der Waals surface area contributed by atoms with Crippen molar-refractivity contribution in [3.05, 3.63) is 50.7 Å². The molecule has 0 N–H and O–H groups in total. The molecule has 4 nitrogen and oxygen atoms in total. The number of aldehydes is 1. The van der Waals surface area contributed by atoms with Crippen molar-refractivity contribution in [2.45, 2.75) is 12.7 Å². The van der Waals surface area contributed by atoms with Gasteiger partial charge in [-0.1, -0.05) is 17.7 Å². The zero-order chi connectivity index (χ0) is 17.5. The molecule has 0 amide bonds. The van der Waals surface area contributed by atoms with E-state index in [-0.39, 0.29) is 17.5 Å². The number of aromatic nitrogens is 2. The first kappa shape index (κ1) is 16.7. The van der Waals surface area contributed by atoms with E-state index >= 15 is 0 Å². The minimum atomic E-state index is -4.60. The summed E-state index contributed by atoms with van der Waals surface area (Å²) < 4.78 is 40.6. The fourth-order valence-electron chi connectivity index (χ4n) is 2.32. The standard InChI is InChI=1S/C15H8ClF3N2O2S/c16-11-2-1-8(5-10(11)15(17,18)19)9-7-24-12-6-20-21(3-4-22)14(23)13(9)12/h1-2,4-7H,3H2. The van der Waals surface area contributed by atoms with Crippen LogP contribution in [0.3, 0.4) is 0 Å². The maximum absolute atomic E-state index is 13.0. The first-order chi connectivity index (χ1) is 11.3. The number of carbonyl (C=O) groups excluding carboxylic acids is 1. The van der Waals surface area contributed by atoms with Gasteiger partial charge in [0.25, 0.3) is 5.56 Å². The van der Waals surface area contributed by atoms with Gasteiger partial charge in [-0.05, 0) is 17.7 Å². The molecule has 0 aliphatic heterocycles. The Kier molecular flexibility index (Phi) is 4.18. The summed E-state index contributed by atoms with van der Waals surface area (Å²) in [4.78, 5) is 23.0.